The van der Waals surface area contributed by atoms with Crippen LogP contribution in [0.3, 0.4) is 0 Å². The first-order valence-electron chi connectivity index (χ1n) is 8.11. The summed E-state index contributed by atoms with van der Waals surface area (Å²) in [6.07, 6.45) is 1.14. The Kier molecular flexibility index (Phi) is 4.08. The van der Waals surface area contributed by atoms with Gasteiger partial charge in [-0.2, -0.15) is 0 Å². The molecule has 0 spiro atoms. The monoisotopic (exact) mass is 289 g/mol. The maximum absolute atomic E-state index is 9.46. The molecule has 3 heteroatoms. The molecule has 1 heterocycles. The van der Waals surface area contributed by atoms with E-state index in [9.17, 15) is 10.2 Å². The molecule has 2 aliphatic rings. The zero-order chi connectivity index (χ0) is 15.0. The molecule has 1 aliphatic heterocycles. The van der Waals surface area contributed by atoms with E-state index in [0.29, 0.717) is 17.8 Å². The average molecular weight is 289 g/mol. The third kappa shape index (κ3) is 2.75. The SMILES string of the molecule is CC(C)Cc1ccc(CN2CC3C(C2)C3(CO)CO)cc1. The maximum atomic E-state index is 9.46. The van der Waals surface area contributed by atoms with Crippen molar-refractivity contribution in [3.63, 3.8) is 0 Å². The zero-order valence-electron chi connectivity index (χ0n) is 13.1. The Morgan fingerprint density at radius 2 is 1.57 bits per heavy atom. The van der Waals surface area contributed by atoms with Crippen LogP contribution in [0.4, 0.5) is 0 Å². The second kappa shape index (κ2) is 5.71. The van der Waals surface area contributed by atoms with Crippen LogP contribution in [0, 0.1) is 23.2 Å². The minimum absolute atomic E-state index is 0.135. The molecule has 2 atom stereocenters. The molecule has 1 aromatic rings. The highest BCUT2D eigenvalue weighted by molar-refractivity contribution is 5.24. The van der Waals surface area contributed by atoms with Crippen LogP contribution in [0.1, 0.15) is 25.0 Å². The van der Waals surface area contributed by atoms with Gasteiger partial charge in [-0.3, -0.25) is 4.90 Å². The lowest BCUT2D eigenvalue weighted by molar-refractivity contribution is 0.0869. The third-order valence-electron chi connectivity index (χ3n) is 5.43. The molecule has 2 unspecified atom stereocenters. The fourth-order valence-corrected chi connectivity index (χ4v) is 4.08. The number of nitrogens with zero attached hydrogens (tertiary/aromatic N) is 1. The molecular formula is C18H27NO2. The number of rotatable bonds is 6. The Balaban J connectivity index is 1.53. The van der Waals surface area contributed by atoms with Crippen molar-refractivity contribution >= 4 is 0 Å². The van der Waals surface area contributed by atoms with E-state index >= 15 is 0 Å². The zero-order valence-corrected chi connectivity index (χ0v) is 13.1. The van der Waals surface area contributed by atoms with E-state index in [-0.39, 0.29) is 18.6 Å². The topological polar surface area (TPSA) is 43.7 Å². The van der Waals surface area contributed by atoms with Gasteiger partial charge in [0.05, 0.1) is 13.2 Å². The first kappa shape index (κ1) is 15.0. The lowest BCUT2D eigenvalue weighted by atomic mass is 10.0. The molecule has 2 N–H and O–H groups in total. The van der Waals surface area contributed by atoms with Gasteiger partial charge in [-0.1, -0.05) is 38.1 Å². The van der Waals surface area contributed by atoms with Crippen molar-refractivity contribution in [2.45, 2.75) is 26.8 Å². The number of hydrogen-bond acceptors (Lipinski definition) is 3. The molecule has 3 rings (SSSR count). The van der Waals surface area contributed by atoms with E-state index in [0.717, 1.165) is 26.1 Å². The molecule has 1 aromatic carbocycles. The molecule has 0 radical (unpaired) electrons. The van der Waals surface area contributed by atoms with E-state index in [1.165, 1.54) is 11.1 Å². The highest BCUT2D eigenvalue weighted by atomic mass is 16.3. The quantitative estimate of drug-likeness (QED) is 0.841. The van der Waals surface area contributed by atoms with Gasteiger partial charge in [0.25, 0.3) is 0 Å². The second-order valence-electron chi connectivity index (χ2n) is 7.37. The average Bonchev–Trinajstić information content (AvgIpc) is 2.83. The van der Waals surface area contributed by atoms with Crippen molar-refractivity contribution in [2.24, 2.45) is 23.2 Å². The van der Waals surface area contributed by atoms with E-state index < -0.39 is 0 Å². The molecule has 1 aliphatic carbocycles. The molecule has 21 heavy (non-hydrogen) atoms. The molecule has 1 saturated carbocycles. The van der Waals surface area contributed by atoms with Gasteiger partial charge in [0.2, 0.25) is 0 Å². The van der Waals surface area contributed by atoms with Gasteiger partial charge in [0.15, 0.2) is 0 Å². The molecule has 3 nitrogen and oxygen atoms in total. The summed E-state index contributed by atoms with van der Waals surface area (Å²) in [5.74, 6) is 1.69. The summed E-state index contributed by atoms with van der Waals surface area (Å²) in [6, 6.07) is 8.98. The largest absolute Gasteiger partial charge is 0.396 e. The van der Waals surface area contributed by atoms with Gasteiger partial charge < -0.3 is 10.2 Å². The van der Waals surface area contributed by atoms with Crippen LogP contribution in [0.5, 0.6) is 0 Å². The number of fused-ring (bicyclic) bond motifs is 1. The minimum atomic E-state index is -0.169. The summed E-state index contributed by atoms with van der Waals surface area (Å²) in [4.78, 5) is 2.45. The van der Waals surface area contributed by atoms with Crippen LogP contribution in [0.25, 0.3) is 0 Å². The van der Waals surface area contributed by atoms with Gasteiger partial charge in [-0.05, 0) is 35.3 Å². The maximum Gasteiger partial charge on any atom is 0.0515 e. The predicted octanol–water partition coefficient (Wildman–Crippen LogP) is 1.92. The van der Waals surface area contributed by atoms with Gasteiger partial charge in [-0.15, -0.1) is 0 Å². The van der Waals surface area contributed by atoms with Crippen molar-refractivity contribution in [1.29, 1.82) is 0 Å². The lowest BCUT2D eigenvalue weighted by Crippen LogP contribution is -2.31. The Morgan fingerprint density at radius 1 is 1.05 bits per heavy atom. The Bertz CT molecular complexity index is 464. The number of benzene rings is 1. The lowest BCUT2D eigenvalue weighted by Gasteiger charge is -2.24. The van der Waals surface area contributed by atoms with E-state index in [1.807, 2.05) is 0 Å². The van der Waals surface area contributed by atoms with Crippen LogP contribution < -0.4 is 0 Å². The van der Waals surface area contributed by atoms with Crippen molar-refractivity contribution in [3.8, 4) is 0 Å². The summed E-state index contributed by atoms with van der Waals surface area (Å²) in [7, 11) is 0. The third-order valence-corrected chi connectivity index (χ3v) is 5.43. The number of hydrogen-bond donors (Lipinski definition) is 2. The van der Waals surface area contributed by atoms with Gasteiger partial charge in [0.1, 0.15) is 0 Å². The van der Waals surface area contributed by atoms with Gasteiger partial charge >= 0.3 is 0 Å². The van der Waals surface area contributed by atoms with Crippen LogP contribution >= 0.6 is 0 Å². The Morgan fingerprint density at radius 3 is 2.05 bits per heavy atom. The summed E-state index contributed by atoms with van der Waals surface area (Å²) < 4.78 is 0. The fourth-order valence-electron chi connectivity index (χ4n) is 4.08. The predicted molar refractivity (Wildman–Crippen MR) is 83.8 cm³/mol. The number of aliphatic hydroxyl groups is 2. The van der Waals surface area contributed by atoms with Gasteiger partial charge in [-0.25, -0.2) is 0 Å². The molecular weight excluding hydrogens is 262 g/mol. The summed E-state index contributed by atoms with van der Waals surface area (Å²) in [6.45, 7) is 7.78. The smallest absolute Gasteiger partial charge is 0.0515 e. The normalized spacial score (nSPS) is 27.1. The number of aliphatic hydroxyl groups excluding tert-OH is 2. The van der Waals surface area contributed by atoms with Crippen molar-refractivity contribution in [1.82, 2.24) is 4.90 Å². The molecule has 116 valence electrons. The van der Waals surface area contributed by atoms with E-state index in [1.54, 1.807) is 0 Å². The summed E-state index contributed by atoms with van der Waals surface area (Å²) in [5.41, 5.74) is 2.61. The number of piperidine rings is 1. The van der Waals surface area contributed by atoms with Crippen LogP contribution in [0.15, 0.2) is 24.3 Å². The molecule has 0 bridgehead atoms. The molecule has 2 fully saturated rings. The standard InChI is InChI=1S/C18H27NO2/c1-13(2)7-14-3-5-15(6-4-14)8-19-9-16-17(10-19)18(16,11-20)12-21/h3-6,13,16-17,20-21H,7-12H2,1-2H3. The fraction of sp³-hybridized carbons (Fsp3) is 0.667. The Hall–Kier alpha value is -0.900. The second-order valence-corrected chi connectivity index (χ2v) is 7.37. The molecule has 1 saturated heterocycles. The van der Waals surface area contributed by atoms with Crippen LogP contribution in [0.2, 0.25) is 0 Å². The van der Waals surface area contributed by atoms with Crippen molar-refractivity contribution < 1.29 is 10.2 Å². The highest BCUT2D eigenvalue weighted by Crippen LogP contribution is 2.62. The van der Waals surface area contributed by atoms with Crippen molar-refractivity contribution in [3.05, 3.63) is 35.4 Å². The highest BCUT2D eigenvalue weighted by Gasteiger charge is 2.67. The Labute approximate surface area is 127 Å². The first-order chi connectivity index (χ1) is 10.1. The first-order valence-corrected chi connectivity index (χ1v) is 8.11. The van der Waals surface area contributed by atoms with E-state index in [2.05, 4.69) is 43.0 Å². The van der Waals surface area contributed by atoms with E-state index in [4.69, 9.17) is 0 Å². The number of likely N-dealkylation sites (tertiary alicyclic amines) is 1. The molecule has 0 amide bonds. The summed E-state index contributed by atoms with van der Waals surface area (Å²) in [5, 5.41) is 18.9. The van der Waals surface area contributed by atoms with Gasteiger partial charge in [0, 0.05) is 25.0 Å². The van der Waals surface area contributed by atoms with Crippen molar-refractivity contribution in [2.75, 3.05) is 26.3 Å². The van der Waals surface area contributed by atoms with Crippen LogP contribution in [-0.2, 0) is 13.0 Å². The summed E-state index contributed by atoms with van der Waals surface area (Å²) >= 11 is 0. The minimum Gasteiger partial charge on any atom is -0.396 e. The van der Waals surface area contributed by atoms with Crippen LogP contribution in [-0.4, -0.2) is 41.4 Å². The molecule has 0 aromatic heterocycles.